The number of rotatable bonds is 4. The quantitative estimate of drug-likeness (QED) is 0.418. The predicted molar refractivity (Wildman–Crippen MR) is 108 cm³/mol. The molecular formula is C20H17N3OS2. The molecule has 1 aliphatic rings. The molecule has 6 heteroatoms. The van der Waals surface area contributed by atoms with E-state index >= 15 is 0 Å². The molecule has 130 valence electrons. The van der Waals surface area contributed by atoms with Gasteiger partial charge in [0.25, 0.3) is 0 Å². The van der Waals surface area contributed by atoms with Crippen LogP contribution in [0.15, 0.2) is 41.7 Å². The molecule has 0 radical (unpaired) electrons. The van der Waals surface area contributed by atoms with Crippen LogP contribution in [0.4, 0.5) is 0 Å². The van der Waals surface area contributed by atoms with Gasteiger partial charge in [0, 0.05) is 16.7 Å². The van der Waals surface area contributed by atoms with Crippen molar-refractivity contribution in [3.8, 4) is 11.3 Å². The number of nitrogens with zero attached hydrogens (tertiary/aromatic N) is 3. The molecule has 0 bridgehead atoms. The molecule has 4 aromatic rings. The monoisotopic (exact) mass is 379 g/mol. The van der Waals surface area contributed by atoms with Gasteiger partial charge in [-0.25, -0.2) is 15.0 Å². The van der Waals surface area contributed by atoms with Crippen molar-refractivity contribution in [1.29, 1.82) is 0 Å². The van der Waals surface area contributed by atoms with Gasteiger partial charge in [-0.3, -0.25) is 0 Å². The number of aliphatic hydroxyl groups is 1. The molecule has 1 aromatic carbocycles. The van der Waals surface area contributed by atoms with Gasteiger partial charge in [-0.2, -0.15) is 0 Å². The van der Waals surface area contributed by atoms with E-state index in [0.29, 0.717) is 5.75 Å². The minimum atomic E-state index is 0.146. The van der Waals surface area contributed by atoms with E-state index < -0.39 is 0 Å². The van der Waals surface area contributed by atoms with Gasteiger partial charge in [-0.05, 0) is 30.4 Å². The predicted octanol–water partition coefficient (Wildman–Crippen LogP) is 4.48. The molecule has 0 fully saturated rings. The van der Waals surface area contributed by atoms with Crippen molar-refractivity contribution in [1.82, 2.24) is 15.0 Å². The van der Waals surface area contributed by atoms with Gasteiger partial charge >= 0.3 is 0 Å². The van der Waals surface area contributed by atoms with Crippen LogP contribution in [-0.2, 0) is 12.8 Å². The third kappa shape index (κ3) is 2.52. The van der Waals surface area contributed by atoms with Crippen molar-refractivity contribution in [3.63, 3.8) is 0 Å². The maximum Gasteiger partial charge on any atom is 0.127 e. The van der Waals surface area contributed by atoms with Gasteiger partial charge in [0.2, 0.25) is 0 Å². The minimum absolute atomic E-state index is 0.146. The van der Waals surface area contributed by atoms with Crippen LogP contribution in [0, 0.1) is 0 Å². The molecule has 0 aliphatic heterocycles. The average Bonchev–Trinajstić information content (AvgIpc) is 3.30. The maximum atomic E-state index is 9.16. The van der Waals surface area contributed by atoms with Gasteiger partial charge < -0.3 is 5.11 Å². The molecule has 5 rings (SSSR count). The number of aliphatic hydroxyl groups excluding tert-OH is 1. The zero-order valence-corrected chi connectivity index (χ0v) is 15.7. The second kappa shape index (κ2) is 6.61. The number of pyridine rings is 1. The number of hydrogen-bond donors (Lipinski definition) is 1. The van der Waals surface area contributed by atoms with Crippen LogP contribution in [0.2, 0.25) is 0 Å². The number of thioether (sulfide) groups is 1. The fraction of sp³-hybridized carbons (Fsp3) is 0.250. The molecule has 3 heterocycles. The van der Waals surface area contributed by atoms with Crippen LogP contribution in [0.1, 0.15) is 17.5 Å². The highest BCUT2D eigenvalue weighted by Gasteiger charge is 2.24. The third-order valence-corrected chi connectivity index (χ3v) is 7.00. The van der Waals surface area contributed by atoms with Gasteiger partial charge in [0.15, 0.2) is 0 Å². The summed E-state index contributed by atoms with van der Waals surface area (Å²) in [4.78, 5) is 15.2. The summed E-state index contributed by atoms with van der Waals surface area (Å²) in [6, 6.07) is 10.5. The van der Waals surface area contributed by atoms with Gasteiger partial charge in [-0.1, -0.05) is 30.3 Å². The summed E-state index contributed by atoms with van der Waals surface area (Å²) in [5.74, 6) is 0.640. The molecule has 3 aromatic heterocycles. The molecule has 4 nitrogen and oxygen atoms in total. The van der Waals surface area contributed by atoms with Crippen molar-refractivity contribution in [3.05, 3.63) is 47.8 Å². The van der Waals surface area contributed by atoms with E-state index in [2.05, 4.69) is 34.2 Å². The van der Waals surface area contributed by atoms with Crippen LogP contribution in [0.3, 0.4) is 0 Å². The molecule has 1 N–H and O–H groups in total. The van der Waals surface area contributed by atoms with Crippen LogP contribution >= 0.6 is 23.1 Å². The highest BCUT2D eigenvalue weighted by Crippen LogP contribution is 2.43. The first-order chi connectivity index (χ1) is 12.9. The summed E-state index contributed by atoms with van der Waals surface area (Å²) < 4.78 is 1.09. The Bertz CT molecular complexity index is 1110. The number of aromatic nitrogens is 3. The number of fused-ring (bicyclic) bond motifs is 5. The molecule has 0 saturated carbocycles. The Labute approximate surface area is 159 Å². The van der Waals surface area contributed by atoms with E-state index in [0.717, 1.165) is 38.6 Å². The first-order valence-electron chi connectivity index (χ1n) is 8.75. The third-order valence-electron chi connectivity index (χ3n) is 4.82. The van der Waals surface area contributed by atoms with E-state index in [-0.39, 0.29) is 6.61 Å². The Morgan fingerprint density at radius 1 is 1.08 bits per heavy atom. The molecule has 0 saturated heterocycles. The van der Waals surface area contributed by atoms with Crippen LogP contribution in [-0.4, -0.2) is 32.4 Å². The largest absolute Gasteiger partial charge is 0.396 e. The van der Waals surface area contributed by atoms with Crippen LogP contribution < -0.4 is 0 Å². The lowest BCUT2D eigenvalue weighted by Crippen LogP contribution is -1.94. The Morgan fingerprint density at radius 3 is 2.77 bits per heavy atom. The Balaban J connectivity index is 1.80. The maximum absolute atomic E-state index is 9.16. The summed E-state index contributed by atoms with van der Waals surface area (Å²) in [6.45, 7) is 0.146. The molecular weight excluding hydrogens is 362 g/mol. The SMILES string of the molecule is OCCSc1ncnc2c1sc1nc(-c3ccccc3)c3c(c12)CCC3. The Morgan fingerprint density at radius 2 is 1.92 bits per heavy atom. The zero-order chi connectivity index (χ0) is 17.5. The summed E-state index contributed by atoms with van der Waals surface area (Å²) in [5, 5.41) is 11.3. The lowest BCUT2D eigenvalue weighted by atomic mass is 10.0. The number of thiophene rings is 1. The highest BCUT2D eigenvalue weighted by molar-refractivity contribution is 7.99. The average molecular weight is 380 g/mol. The Kier molecular flexibility index (Phi) is 4.11. The van der Waals surface area contributed by atoms with Crippen molar-refractivity contribution in [2.24, 2.45) is 0 Å². The fourth-order valence-corrected chi connectivity index (χ4v) is 5.74. The Hall–Kier alpha value is -2.02. The second-order valence-electron chi connectivity index (χ2n) is 6.35. The summed E-state index contributed by atoms with van der Waals surface area (Å²) in [7, 11) is 0. The van der Waals surface area contributed by atoms with Crippen molar-refractivity contribution >= 4 is 43.5 Å². The molecule has 26 heavy (non-hydrogen) atoms. The van der Waals surface area contributed by atoms with E-state index in [1.165, 1.54) is 28.5 Å². The minimum Gasteiger partial charge on any atom is -0.396 e. The van der Waals surface area contributed by atoms with Crippen LogP contribution in [0.5, 0.6) is 0 Å². The smallest absolute Gasteiger partial charge is 0.127 e. The molecule has 0 atom stereocenters. The molecule has 0 amide bonds. The zero-order valence-electron chi connectivity index (χ0n) is 14.1. The fourth-order valence-electron chi connectivity index (χ4n) is 3.76. The second-order valence-corrected chi connectivity index (χ2v) is 8.43. The number of aryl methyl sites for hydroxylation is 1. The highest BCUT2D eigenvalue weighted by atomic mass is 32.2. The first kappa shape index (κ1) is 16.2. The van der Waals surface area contributed by atoms with Crippen LogP contribution in [0.25, 0.3) is 31.7 Å². The normalized spacial score (nSPS) is 13.6. The van der Waals surface area contributed by atoms with Gasteiger partial charge in [0.05, 0.1) is 22.5 Å². The van der Waals surface area contributed by atoms with Crippen molar-refractivity contribution < 1.29 is 5.11 Å². The first-order valence-corrected chi connectivity index (χ1v) is 10.5. The molecule has 0 unspecified atom stereocenters. The lowest BCUT2D eigenvalue weighted by Gasteiger charge is -2.09. The lowest BCUT2D eigenvalue weighted by molar-refractivity contribution is 0.322. The van der Waals surface area contributed by atoms with Crippen molar-refractivity contribution in [2.45, 2.75) is 24.3 Å². The topological polar surface area (TPSA) is 58.9 Å². The van der Waals surface area contributed by atoms with Crippen molar-refractivity contribution in [2.75, 3.05) is 12.4 Å². The number of hydrogen-bond acceptors (Lipinski definition) is 6. The van der Waals surface area contributed by atoms with E-state index in [9.17, 15) is 0 Å². The summed E-state index contributed by atoms with van der Waals surface area (Å²) in [6.07, 6.45) is 4.98. The van der Waals surface area contributed by atoms with E-state index in [4.69, 9.17) is 10.1 Å². The number of benzene rings is 1. The summed E-state index contributed by atoms with van der Waals surface area (Å²) in [5.41, 5.74) is 6.12. The van der Waals surface area contributed by atoms with Gasteiger partial charge in [-0.15, -0.1) is 23.1 Å². The molecule has 1 aliphatic carbocycles. The standard InChI is InChI=1S/C20H17N3OS2/c24-9-10-25-20-18-17(21-11-22-20)15-13-7-4-8-14(13)16(23-19(15)26-18)12-5-2-1-3-6-12/h1-3,5-6,11,24H,4,7-10H2. The molecule has 0 spiro atoms. The summed E-state index contributed by atoms with van der Waals surface area (Å²) >= 11 is 3.26. The van der Waals surface area contributed by atoms with E-state index in [1.807, 2.05) is 6.07 Å². The van der Waals surface area contributed by atoms with Gasteiger partial charge in [0.1, 0.15) is 16.2 Å². The van der Waals surface area contributed by atoms with E-state index in [1.54, 1.807) is 29.4 Å².